The third-order valence-electron chi connectivity index (χ3n) is 10.5. The second-order valence-electron chi connectivity index (χ2n) is 14.2. The topological polar surface area (TPSA) is 49.6 Å². The Morgan fingerprint density at radius 1 is 0.396 bits per heavy atom. The van der Waals surface area contributed by atoms with Crippen LogP contribution in [0, 0.1) is 11.3 Å². The molecule has 0 spiro atoms. The van der Waals surface area contributed by atoms with E-state index >= 15 is 0 Å². The van der Waals surface area contributed by atoms with Gasteiger partial charge in [-0.2, -0.15) is 5.26 Å². The molecular formula is C50H35N3. The van der Waals surface area contributed by atoms with Gasteiger partial charge in [-0.3, -0.25) is 0 Å². The minimum absolute atomic E-state index is 0.196. The van der Waals surface area contributed by atoms with E-state index in [4.69, 9.17) is 9.97 Å². The molecule has 0 fully saturated rings. The van der Waals surface area contributed by atoms with Crippen molar-refractivity contribution in [3.8, 4) is 84.5 Å². The van der Waals surface area contributed by atoms with Crippen molar-refractivity contribution in [1.29, 1.82) is 5.26 Å². The molecule has 1 aliphatic rings. The zero-order valence-corrected chi connectivity index (χ0v) is 29.6. The Morgan fingerprint density at radius 3 is 1.49 bits per heavy atom. The molecule has 3 nitrogen and oxygen atoms in total. The Morgan fingerprint density at radius 2 is 0.849 bits per heavy atom. The monoisotopic (exact) mass is 677 g/mol. The highest BCUT2D eigenvalue weighted by Gasteiger charge is 2.35. The molecule has 250 valence electrons. The molecule has 0 bridgehead atoms. The summed E-state index contributed by atoms with van der Waals surface area (Å²) in [6.45, 7) is 4.51. The number of aromatic nitrogens is 2. The van der Waals surface area contributed by atoms with E-state index in [2.05, 4.69) is 159 Å². The van der Waals surface area contributed by atoms with Gasteiger partial charge in [-0.1, -0.05) is 153 Å². The van der Waals surface area contributed by atoms with E-state index in [0.29, 0.717) is 11.4 Å². The molecule has 0 saturated carbocycles. The first-order valence-electron chi connectivity index (χ1n) is 18.0. The SMILES string of the molecule is CC1(C)c2cc(C#N)ccc2-c2ccc(-c3cccc(-c4cccc(-c5cc(-c6ccccc6)nc(-c6ccc(-c7ccccc7)cc6)n5)c4)c3)cc21. The van der Waals surface area contributed by atoms with Crippen molar-refractivity contribution in [2.45, 2.75) is 19.3 Å². The molecule has 0 N–H and O–H groups in total. The predicted molar refractivity (Wildman–Crippen MR) is 217 cm³/mol. The largest absolute Gasteiger partial charge is 0.228 e. The lowest BCUT2D eigenvalue weighted by Crippen LogP contribution is -2.15. The number of hydrogen-bond acceptors (Lipinski definition) is 3. The van der Waals surface area contributed by atoms with Crippen LogP contribution in [-0.2, 0) is 5.41 Å². The number of rotatable bonds is 6. The molecule has 0 radical (unpaired) electrons. The summed E-state index contributed by atoms with van der Waals surface area (Å²) in [6, 6.07) is 63.9. The van der Waals surface area contributed by atoms with Crippen molar-refractivity contribution in [2.75, 3.05) is 0 Å². The first-order valence-corrected chi connectivity index (χ1v) is 18.0. The number of nitrogens with zero attached hydrogens (tertiary/aromatic N) is 3. The summed E-state index contributed by atoms with van der Waals surface area (Å²) in [5.41, 5.74) is 17.2. The van der Waals surface area contributed by atoms with Crippen molar-refractivity contribution in [3.05, 3.63) is 193 Å². The highest BCUT2D eigenvalue weighted by atomic mass is 14.9. The van der Waals surface area contributed by atoms with Crippen LogP contribution in [0.5, 0.6) is 0 Å². The van der Waals surface area contributed by atoms with Gasteiger partial charge in [-0.25, -0.2) is 9.97 Å². The molecule has 0 amide bonds. The Kier molecular flexibility index (Phi) is 7.87. The third-order valence-corrected chi connectivity index (χ3v) is 10.5. The van der Waals surface area contributed by atoms with Gasteiger partial charge in [-0.05, 0) is 92.0 Å². The molecule has 7 aromatic carbocycles. The Hall–Kier alpha value is -6.89. The zero-order chi connectivity index (χ0) is 35.9. The molecule has 0 atom stereocenters. The molecule has 3 heteroatoms. The minimum Gasteiger partial charge on any atom is -0.228 e. The lowest BCUT2D eigenvalue weighted by atomic mass is 9.81. The number of benzene rings is 7. The minimum atomic E-state index is -0.196. The highest BCUT2D eigenvalue weighted by molar-refractivity contribution is 5.85. The number of nitriles is 1. The van der Waals surface area contributed by atoms with Crippen molar-refractivity contribution >= 4 is 0 Å². The van der Waals surface area contributed by atoms with Crippen molar-refractivity contribution < 1.29 is 0 Å². The van der Waals surface area contributed by atoms with Crippen molar-refractivity contribution in [1.82, 2.24) is 9.97 Å². The molecule has 0 saturated heterocycles. The summed E-state index contributed by atoms with van der Waals surface area (Å²) < 4.78 is 0. The number of hydrogen-bond donors (Lipinski definition) is 0. The van der Waals surface area contributed by atoms with Gasteiger partial charge in [0.15, 0.2) is 5.82 Å². The summed E-state index contributed by atoms with van der Waals surface area (Å²) in [7, 11) is 0. The summed E-state index contributed by atoms with van der Waals surface area (Å²) in [5.74, 6) is 0.693. The molecule has 1 aliphatic carbocycles. The lowest BCUT2D eigenvalue weighted by molar-refractivity contribution is 0.660. The maximum absolute atomic E-state index is 9.55. The van der Waals surface area contributed by atoms with E-state index in [-0.39, 0.29) is 5.41 Å². The third kappa shape index (κ3) is 5.91. The fourth-order valence-electron chi connectivity index (χ4n) is 7.65. The molecule has 9 rings (SSSR count). The standard InChI is InChI=1S/C50H35N3/c1-50(2)45-27-33(32-51)19-25-43(45)44-26-24-41(30-46(44)50)39-16-9-15-38(28-39)40-17-10-18-42(29-40)48-31-47(36-13-7-4-8-14-36)52-49(53-48)37-22-20-35(21-23-37)34-11-5-3-6-12-34/h3-31H,1-2H3. The first-order chi connectivity index (χ1) is 25.9. The molecule has 53 heavy (non-hydrogen) atoms. The summed E-state index contributed by atoms with van der Waals surface area (Å²) in [4.78, 5) is 10.2. The molecule has 8 aromatic rings. The lowest BCUT2D eigenvalue weighted by Gasteiger charge is -2.22. The van der Waals surface area contributed by atoms with Gasteiger partial charge in [0, 0.05) is 22.1 Å². The second kappa shape index (κ2) is 13.0. The smallest absolute Gasteiger partial charge is 0.160 e. The molecular weight excluding hydrogens is 643 g/mol. The summed E-state index contributed by atoms with van der Waals surface area (Å²) in [5, 5.41) is 9.55. The zero-order valence-electron chi connectivity index (χ0n) is 29.6. The Balaban J connectivity index is 1.08. The Bertz CT molecular complexity index is 2690. The van der Waals surface area contributed by atoms with Crippen LogP contribution in [0.25, 0.3) is 78.4 Å². The van der Waals surface area contributed by atoms with Gasteiger partial charge >= 0.3 is 0 Å². The predicted octanol–water partition coefficient (Wildman–Crippen LogP) is 12.7. The van der Waals surface area contributed by atoms with E-state index in [0.717, 1.165) is 50.3 Å². The average Bonchev–Trinajstić information content (AvgIpc) is 3.46. The second-order valence-corrected chi connectivity index (χ2v) is 14.2. The summed E-state index contributed by atoms with van der Waals surface area (Å²) >= 11 is 0. The first kappa shape index (κ1) is 32.0. The van der Waals surface area contributed by atoms with Crippen LogP contribution in [0.4, 0.5) is 0 Å². The van der Waals surface area contributed by atoms with Gasteiger partial charge in [0.25, 0.3) is 0 Å². The molecule has 1 aromatic heterocycles. The van der Waals surface area contributed by atoms with Crippen LogP contribution in [0.3, 0.4) is 0 Å². The maximum atomic E-state index is 9.55. The van der Waals surface area contributed by atoms with E-state index in [1.165, 1.54) is 33.4 Å². The average molecular weight is 678 g/mol. The van der Waals surface area contributed by atoms with Crippen molar-refractivity contribution in [2.24, 2.45) is 0 Å². The van der Waals surface area contributed by atoms with Crippen LogP contribution in [0.1, 0.15) is 30.5 Å². The fourth-order valence-corrected chi connectivity index (χ4v) is 7.65. The van der Waals surface area contributed by atoms with Crippen LogP contribution in [-0.4, -0.2) is 9.97 Å². The molecule has 1 heterocycles. The van der Waals surface area contributed by atoms with Gasteiger partial charge in [0.2, 0.25) is 0 Å². The van der Waals surface area contributed by atoms with Crippen LogP contribution in [0.2, 0.25) is 0 Å². The highest BCUT2D eigenvalue weighted by Crippen LogP contribution is 2.50. The van der Waals surface area contributed by atoms with E-state index in [1.807, 2.05) is 36.4 Å². The van der Waals surface area contributed by atoms with Crippen LogP contribution in [0.15, 0.2) is 176 Å². The van der Waals surface area contributed by atoms with Gasteiger partial charge in [0.1, 0.15) is 0 Å². The van der Waals surface area contributed by atoms with E-state index < -0.39 is 0 Å². The summed E-state index contributed by atoms with van der Waals surface area (Å²) in [6.07, 6.45) is 0. The van der Waals surface area contributed by atoms with Crippen LogP contribution >= 0.6 is 0 Å². The van der Waals surface area contributed by atoms with Crippen LogP contribution < -0.4 is 0 Å². The molecule has 0 aliphatic heterocycles. The van der Waals surface area contributed by atoms with E-state index in [9.17, 15) is 5.26 Å². The number of fused-ring (bicyclic) bond motifs is 3. The Labute approximate surface area is 310 Å². The quantitative estimate of drug-likeness (QED) is 0.176. The normalized spacial score (nSPS) is 12.5. The van der Waals surface area contributed by atoms with Gasteiger partial charge in [0.05, 0.1) is 23.0 Å². The van der Waals surface area contributed by atoms with Gasteiger partial charge < -0.3 is 0 Å². The van der Waals surface area contributed by atoms with Gasteiger partial charge in [-0.15, -0.1) is 0 Å². The maximum Gasteiger partial charge on any atom is 0.160 e. The van der Waals surface area contributed by atoms with Crippen molar-refractivity contribution in [3.63, 3.8) is 0 Å². The molecule has 0 unspecified atom stereocenters. The van der Waals surface area contributed by atoms with E-state index in [1.54, 1.807) is 0 Å². The fraction of sp³-hybridized carbons (Fsp3) is 0.0600.